The van der Waals surface area contributed by atoms with Crippen molar-refractivity contribution in [1.29, 1.82) is 5.26 Å². The van der Waals surface area contributed by atoms with Crippen LogP contribution in [0.2, 0.25) is 0 Å². The Morgan fingerprint density at radius 3 is 2.70 bits per heavy atom. The second kappa shape index (κ2) is 6.69. The van der Waals surface area contributed by atoms with E-state index in [4.69, 9.17) is 0 Å². The molecule has 0 bridgehead atoms. The molecule has 5 nitrogen and oxygen atoms in total. The first-order chi connectivity index (χ1) is 11.1. The molecule has 5 heteroatoms. The minimum absolute atomic E-state index is 0.117. The standard InChI is InChI=1S/C18H23N3O2/c19-12-15-6-1-2-7-16(15)13-20-9-5-8-18(23,14-20)17(22)21-10-3-4-11-21/h1-2,6-7,23H,3-5,8-11,13-14H2. The van der Waals surface area contributed by atoms with Crippen molar-refractivity contribution in [3.63, 3.8) is 0 Å². The van der Waals surface area contributed by atoms with Crippen LogP contribution in [0.5, 0.6) is 0 Å². The van der Waals surface area contributed by atoms with E-state index in [-0.39, 0.29) is 5.91 Å². The normalized spacial score (nSPS) is 25.3. The summed E-state index contributed by atoms with van der Waals surface area (Å²) in [5.74, 6) is -0.117. The second-order valence-corrected chi connectivity index (χ2v) is 6.61. The Morgan fingerprint density at radius 1 is 1.22 bits per heavy atom. The number of likely N-dealkylation sites (tertiary alicyclic amines) is 2. The fourth-order valence-electron chi connectivity index (χ4n) is 3.66. The number of nitrogens with zero attached hydrogens (tertiary/aromatic N) is 3. The number of β-amino-alcohol motifs (C(OH)–C–C–N with tert-alkyl or cyclic N) is 1. The summed E-state index contributed by atoms with van der Waals surface area (Å²) < 4.78 is 0. The highest BCUT2D eigenvalue weighted by Crippen LogP contribution is 2.26. The van der Waals surface area contributed by atoms with E-state index in [1.54, 1.807) is 11.0 Å². The van der Waals surface area contributed by atoms with Gasteiger partial charge >= 0.3 is 0 Å². The van der Waals surface area contributed by atoms with Crippen molar-refractivity contribution in [2.24, 2.45) is 0 Å². The lowest BCUT2D eigenvalue weighted by Crippen LogP contribution is -2.57. The maximum Gasteiger partial charge on any atom is 0.255 e. The van der Waals surface area contributed by atoms with Gasteiger partial charge in [-0.05, 0) is 43.9 Å². The molecule has 0 saturated carbocycles. The molecule has 3 rings (SSSR count). The van der Waals surface area contributed by atoms with Gasteiger partial charge in [0.1, 0.15) is 0 Å². The Balaban J connectivity index is 1.70. The number of hydrogen-bond donors (Lipinski definition) is 1. The molecular formula is C18H23N3O2. The summed E-state index contributed by atoms with van der Waals surface area (Å²) in [5, 5.41) is 20.1. The number of hydrogen-bond acceptors (Lipinski definition) is 4. The van der Waals surface area contributed by atoms with Crippen molar-refractivity contribution in [3.05, 3.63) is 35.4 Å². The van der Waals surface area contributed by atoms with Crippen molar-refractivity contribution >= 4 is 5.91 Å². The van der Waals surface area contributed by atoms with Crippen LogP contribution < -0.4 is 0 Å². The van der Waals surface area contributed by atoms with Crippen LogP contribution in [0.15, 0.2) is 24.3 Å². The molecule has 1 aromatic carbocycles. The lowest BCUT2D eigenvalue weighted by Gasteiger charge is -2.40. The summed E-state index contributed by atoms with van der Waals surface area (Å²) in [5.41, 5.74) is 0.338. The number of nitriles is 1. The molecule has 2 saturated heterocycles. The molecule has 0 aromatic heterocycles. The molecule has 0 radical (unpaired) electrons. The summed E-state index contributed by atoms with van der Waals surface area (Å²) in [6, 6.07) is 9.73. The SMILES string of the molecule is N#Cc1ccccc1CN1CCCC(O)(C(=O)N2CCCC2)C1. The lowest BCUT2D eigenvalue weighted by atomic mass is 9.90. The summed E-state index contributed by atoms with van der Waals surface area (Å²) in [7, 11) is 0. The van der Waals surface area contributed by atoms with Gasteiger partial charge in [-0.2, -0.15) is 5.26 Å². The van der Waals surface area contributed by atoms with Gasteiger partial charge in [-0.15, -0.1) is 0 Å². The van der Waals surface area contributed by atoms with Gasteiger partial charge in [0, 0.05) is 26.2 Å². The Bertz CT molecular complexity index is 619. The first-order valence-electron chi connectivity index (χ1n) is 8.34. The molecule has 1 atom stereocenters. The van der Waals surface area contributed by atoms with E-state index in [2.05, 4.69) is 11.0 Å². The van der Waals surface area contributed by atoms with Gasteiger partial charge in [-0.3, -0.25) is 9.69 Å². The molecule has 1 aromatic rings. The molecule has 0 spiro atoms. The zero-order chi connectivity index (χ0) is 16.3. The number of carbonyl (C=O) groups excluding carboxylic acids is 1. The van der Waals surface area contributed by atoms with Crippen LogP contribution in [0.1, 0.15) is 36.8 Å². The zero-order valence-corrected chi connectivity index (χ0v) is 13.4. The summed E-state index contributed by atoms with van der Waals surface area (Å²) in [6.07, 6.45) is 3.38. The number of rotatable bonds is 3. The molecule has 0 aliphatic carbocycles. The van der Waals surface area contributed by atoms with E-state index >= 15 is 0 Å². The highest BCUT2D eigenvalue weighted by Gasteiger charge is 2.43. The van der Waals surface area contributed by atoms with Crippen LogP contribution in [-0.4, -0.2) is 52.6 Å². The predicted octanol–water partition coefficient (Wildman–Crippen LogP) is 1.51. The van der Waals surface area contributed by atoms with Crippen molar-refractivity contribution < 1.29 is 9.90 Å². The van der Waals surface area contributed by atoms with E-state index < -0.39 is 5.60 Å². The quantitative estimate of drug-likeness (QED) is 0.918. The topological polar surface area (TPSA) is 67.6 Å². The maximum atomic E-state index is 12.6. The van der Waals surface area contributed by atoms with Crippen molar-refractivity contribution in [2.75, 3.05) is 26.2 Å². The summed E-state index contributed by atoms with van der Waals surface area (Å²) >= 11 is 0. The third kappa shape index (κ3) is 3.39. The molecule has 2 aliphatic heterocycles. The van der Waals surface area contributed by atoms with E-state index in [0.717, 1.165) is 44.5 Å². The highest BCUT2D eigenvalue weighted by atomic mass is 16.3. The zero-order valence-electron chi connectivity index (χ0n) is 13.4. The smallest absolute Gasteiger partial charge is 0.255 e. The van der Waals surface area contributed by atoms with Gasteiger partial charge in [-0.25, -0.2) is 0 Å². The van der Waals surface area contributed by atoms with E-state index in [1.165, 1.54) is 0 Å². The minimum Gasteiger partial charge on any atom is -0.379 e. The van der Waals surface area contributed by atoms with Crippen LogP contribution in [0, 0.1) is 11.3 Å². The van der Waals surface area contributed by atoms with Crippen molar-refractivity contribution in [1.82, 2.24) is 9.80 Å². The molecule has 122 valence electrons. The molecule has 23 heavy (non-hydrogen) atoms. The lowest BCUT2D eigenvalue weighted by molar-refractivity contribution is -0.156. The second-order valence-electron chi connectivity index (χ2n) is 6.61. The highest BCUT2D eigenvalue weighted by molar-refractivity contribution is 5.85. The number of carbonyl (C=O) groups is 1. The van der Waals surface area contributed by atoms with Crippen LogP contribution in [-0.2, 0) is 11.3 Å². The van der Waals surface area contributed by atoms with Crippen LogP contribution >= 0.6 is 0 Å². The Hall–Kier alpha value is -1.90. The molecule has 1 N–H and O–H groups in total. The van der Waals surface area contributed by atoms with Gasteiger partial charge < -0.3 is 10.0 Å². The first-order valence-corrected chi connectivity index (χ1v) is 8.34. The van der Waals surface area contributed by atoms with Crippen LogP contribution in [0.25, 0.3) is 0 Å². The Kier molecular flexibility index (Phi) is 4.65. The third-order valence-corrected chi connectivity index (χ3v) is 4.87. The Morgan fingerprint density at radius 2 is 1.96 bits per heavy atom. The summed E-state index contributed by atoms with van der Waals surface area (Å²) in [4.78, 5) is 16.5. The van der Waals surface area contributed by atoms with Crippen molar-refractivity contribution in [2.45, 2.75) is 37.8 Å². The number of aliphatic hydroxyl groups is 1. The van der Waals surface area contributed by atoms with E-state index in [9.17, 15) is 15.2 Å². The van der Waals surface area contributed by atoms with Gasteiger partial charge in [-0.1, -0.05) is 18.2 Å². The van der Waals surface area contributed by atoms with Crippen LogP contribution in [0.3, 0.4) is 0 Å². The van der Waals surface area contributed by atoms with Gasteiger partial charge in [0.2, 0.25) is 0 Å². The molecule has 1 unspecified atom stereocenters. The average Bonchev–Trinajstić information content (AvgIpc) is 3.09. The van der Waals surface area contributed by atoms with Gasteiger partial charge in [0.25, 0.3) is 5.91 Å². The molecule has 1 amide bonds. The number of piperidine rings is 1. The molecule has 2 fully saturated rings. The minimum atomic E-state index is -1.27. The average molecular weight is 313 g/mol. The van der Waals surface area contributed by atoms with Gasteiger partial charge in [0.15, 0.2) is 5.60 Å². The van der Waals surface area contributed by atoms with Crippen molar-refractivity contribution in [3.8, 4) is 6.07 Å². The molecule has 2 heterocycles. The summed E-state index contributed by atoms with van der Waals surface area (Å²) in [6.45, 7) is 3.31. The monoisotopic (exact) mass is 313 g/mol. The largest absolute Gasteiger partial charge is 0.379 e. The van der Waals surface area contributed by atoms with E-state index in [1.807, 2.05) is 18.2 Å². The van der Waals surface area contributed by atoms with Gasteiger partial charge in [0.05, 0.1) is 11.6 Å². The molecule has 2 aliphatic rings. The predicted molar refractivity (Wildman–Crippen MR) is 86.4 cm³/mol. The third-order valence-electron chi connectivity index (χ3n) is 4.87. The van der Waals surface area contributed by atoms with E-state index in [0.29, 0.717) is 25.1 Å². The number of benzene rings is 1. The maximum absolute atomic E-state index is 12.6. The molecular weight excluding hydrogens is 290 g/mol. The fraction of sp³-hybridized carbons (Fsp3) is 0.556. The Labute approximate surface area is 137 Å². The number of amides is 1. The fourth-order valence-corrected chi connectivity index (χ4v) is 3.66. The first kappa shape index (κ1) is 16.0. The van der Waals surface area contributed by atoms with Crippen LogP contribution in [0.4, 0.5) is 0 Å².